The van der Waals surface area contributed by atoms with Gasteiger partial charge in [-0.1, -0.05) is 39.3 Å². The normalized spacial score (nSPS) is 11.5. The summed E-state index contributed by atoms with van der Waals surface area (Å²) in [6.45, 7) is 13.7. The summed E-state index contributed by atoms with van der Waals surface area (Å²) in [6, 6.07) is 6.64. The molecule has 0 saturated heterocycles. The van der Waals surface area contributed by atoms with Crippen LogP contribution in [0.15, 0.2) is 30.9 Å². The largest absolute Gasteiger partial charge is 0.493 e. The number of aliphatic hydroxyl groups excluding tert-OH is 1. The highest BCUT2D eigenvalue weighted by atomic mass is 16.5. The minimum Gasteiger partial charge on any atom is -0.493 e. The van der Waals surface area contributed by atoms with E-state index in [2.05, 4.69) is 50.9 Å². The number of rotatable bonds is 13. The van der Waals surface area contributed by atoms with Gasteiger partial charge in [0, 0.05) is 12.2 Å². The van der Waals surface area contributed by atoms with E-state index in [0.29, 0.717) is 6.61 Å². The highest BCUT2D eigenvalue weighted by molar-refractivity contribution is 5.39. The minimum absolute atomic E-state index is 0.153. The number of hydrogen-bond donors (Lipinski definition) is 2. The number of allylic oxidation sites excluding steroid dienone is 1. The van der Waals surface area contributed by atoms with Crippen LogP contribution >= 0.6 is 0 Å². The van der Waals surface area contributed by atoms with Crippen molar-refractivity contribution in [3.63, 3.8) is 0 Å². The summed E-state index contributed by atoms with van der Waals surface area (Å²) in [4.78, 5) is 0. The van der Waals surface area contributed by atoms with Crippen LogP contribution in [0.5, 0.6) is 5.75 Å². The van der Waals surface area contributed by atoms with E-state index in [9.17, 15) is 0 Å². The van der Waals surface area contributed by atoms with Crippen LogP contribution in [0.25, 0.3) is 0 Å². The van der Waals surface area contributed by atoms with Crippen LogP contribution in [0.3, 0.4) is 0 Å². The Morgan fingerprint density at radius 3 is 2.56 bits per heavy atom. The van der Waals surface area contributed by atoms with Crippen LogP contribution in [0, 0.1) is 0 Å². The van der Waals surface area contributed by atoms with Gasteiger partial charge >= 0.3 is 0 Å². The third-order valence-corrected chi connectivity index (χ3v) is 4.42. The maximum Gasteiger partial charge on any atom is 0.128 e. The van der Waals surface area contributed by atoms with Gasteiger partial charge in [0.15, 0.2) is 0 Å². The number of unbranched alkanes of at least 4 members (excludes halogenated alkanes) is 4. The number of hydrogen-bond acceptors (Lipinski definition) is 2. The van der Waals surface area contributed by atoms with Gasteiger partial charge < -0.3 is 15.2 Å². The molecule has 0 heterocycles. The Morgan fingerprint density at radius 1 is 1.12 bits per heavy atom. The minimum atomic E-state index is 0.153. The molecule has 0 amide bonds. The Balaban J connectivity index is 2.59. The van der Waals surface area contributed by atoms with Gasteiger partial charge in [-0.05, 0) is 55.2 Å². The van der Waals surface area contributed by atoms with E-state index >= 15 is 0 Å². The van der Waals surface area contributed by atoms with Crippen molar-refractivity contribution in [1.29, 1.82) is 0 Å². The van der Waals surface area contributed by atoms with E-state index in [4.69, 9.17) is 9.84 Å². The van der Waals surface area contributed by atoms with Crippen molar-refractivity contribution in [3.8, 4) is 5.75 Å². The van der Waals surface area contributed by atoms with Crippen LogP contribution in [-0.2, 0) is 12.0 Å². The first kappa shape index (κ1) is 21.7. The fourth-order valence-electron chi connectivity index (χ4n) is 2.77. The molecule has 0 spiro atoms. The molecular weight excluding hydrogens is 310 g/mol. The SMILES string of the molecule is C=CCCCOc1ccc(C(C)(C)C)cc1C[NH2+]CCCCCCO. The molecule has 142 valence electrons. The van der Waals surface area contributed by atoms with Crippen LogP contribution in [-0.4, -0.2) is 24.9 Å². The molecule has 3 N–H and O–H groups in total. The van der Waals surface area contributed by atoms with E-state index in [-0.39, 0.29) is 5.41 Å². The zero-order chi connectivity index (χ0) is 18.5. The summed E-state index contributed by atoms with van der Waals surface area (Å²) in [5.41, 5.74) is 2.80. The van der Waals surface area contributed by atoms with Gasteiger partial charge in [-0.15, -0.1) is 6.58 Å². The van der Waals surface area contributed by atoms with E-state index in [1.54, 1.807) is 0 Å². The molecule has 1 aromatic carbocycles. The molecule has 0 unspecified atom stereocenters. The van der Waals surface area contributed by atoms with Gasteiger partial charge in [0.25, 0.3) is 0 Å². The number of benzene rings is 1. The molecule has 0 aliphatic carbocycles. The van der Waals surface area contributed by atoms with Gasteiger partial charge in [-0.25, -0.2) is 0 Å². The first-order chi connectivity index (χ1) is 12.0. The van der Waals surface area contributed by atoms with Crippen molar-refractivity contribution >= 4 is 0 Å². The summed E-state index contributed by atoms with van der Waals surface area (Å²) >= 11 is 0. The molecule has 25 heavy (non-hydrogen) atoms. The lowest BCUT2D eigenvalue weighted by atomic mass is 9.86. The molecule has 0 bridgehead atoms. The van der Waals surface area contributed by atoms with E-state index < -0.39 is 0 Å². The van der Waals surface area contributed by atoms with Gasteiger partial charge in [0.1, 0.15) is 12.3 Å². The van der Waals surface area contributed by atoms with Crippen molar-refractivity contribution < 1.29 is 15.2 Å². The zero-order valence-electron chi connectivity index (χ0n) is 16.5. The lowest BCUT2D eigenvalue weighted by molar-refractivity contribution is -0.671. The number of ether oxygens (including phenoxy) is 1. The number of quaternary nitrogens is 1. The quantitative estimate of drug-likeness (QED) is 0.419. The number of aliphatic hydroxyl groups is 1. The van der Waals surface area contributed by atoms with Gasteiger partial charge in [-0.3, -0.25) is 0 Å². The van der Waals surface area contributed by atoms with Gasteiger partial charge in [0.05, 0.1) is 13.2 Å². The summed E-state index contributed by atoms with van der Waals surface area (Å²) in [5, 5.41) is 11.2. The lowest BCUT2D eigenvalue weighted by Gasteiger charge is -2.21. The maximum atomic E-state index is 8.82. The predicted molar refractivity (Wildman–Crippen MR) is 106 cm³/mol. The summed E-state index contributed by atoms with van der Waals surface area (Å²) in [7, 11) is 0. The molecule has 1 aromatic rings. The third-order valence-electron chi connectivity index (χ3n) is 4.42. The Hall–Kier alpha value is -1.32. The van der Waals surface area contributed by atoms with Crippen LogP contribution in [0.2, 0.25) is 0 Å². The predicted octanol–water partition coefficient (Wildman–Crippen LogP) is 3.95. The van der Waals surface area contributed by atoms with Gasteiger partial charge in [0.2, 0.25) is 0 Å². The molecule has 3 nitrogen and oxygen atoms in total. The second-order valence-corrected chi connectivity index (χ2v) is 7.77. The summed E-state index contributed by atoms with van der Waals surface area (Å²) < 4.78 is 6.02. The van der Waals surface area contributed by atoms with Crippen molar-refractivity contribution in [2.24, 2.45) is 0 Å². The third kappa shape index (κ3) is 9.08. The molecule has 0 aliphatic rings. The Kier molecular flexibility index (Phi) is 10.5. The first-order valence-corrected chi connectivity index (χ1v) is 9.78. The first-order valence-electron chi connectivity index (χ1n) is 9.78. The number of nitrogens with two attached hydrogens (primary N) is 1. The highest BCUT2D eigenvalue weighted by Crippen LogP contribution is 2.27. The molecule has 0 atom stereocenters. The fraction of sp³-hybridized carbons (Fsp3) is 0.636. The summed E-state index contributed by atoms with van der Waals surface area (Å²) in [5.74, 6) is 1.02. The molecule has 0 aliphatic heterocycles. The average molecular weight is 349 g/mol. The highest BCUT2D eigenvalue weighted by Gasteiger charge is 2.16. The molecule has 1 rings (SSSR count). The summed E-state index contributed by atoms with van der Waals surface area (Å²) in [6.07, 6.45) is 8.40. The lowest BCUT2D eigenvalue weighted by Crippen LogP contribution is -2.82. The molecule has 0 fully saturated rings. The second-order valence-electron chi connectivity index (χ2n) is 7.77. The van der Waals surface area contributed by atoms with E-state index in [1.807, 2.05) is 6.08 Å². The Bertz CT molecular complexity index is 491. The van der Waals surface area contributed by atoms with E-state index in [0.717, 1.165) is 51.1 Å². The standard InChI is InChI=1S/C22H37NO2/c1-5-6-11-16-25-21-13-12-20(22(2,3)4)17-19(21)18-23-14-9-7-8-10-15-24/h5,12-13,17,23-24H,1,6-11,14-16,18H2,2-4H3/p+1. The Morgan fingerprint density at radius 2 is 1.88 bits per heavy atom. The topological polar surface area (TPSA) is 46.1 Å². The van der Waals surface area contributed by atoms with Crippen molar-refractivity contribution in [3.05, 3.63) is 42.0 Å². The fourth-order valence-corrected chi connectivity index (χ4v) is 2.77. The van der Waals surface area contributed by atoms with Crippen molar-refractivity contribution in [1.82, 2.24) is 0 Å². The average Bonchev–Trinajstić information content (AvgIpc) is 2.57. The molecule has 0 saturated carbocycles. The van der Waals surface area contributed by atoms with E-state index in [1.165, 1.54) is 24.0 Å². The van der Waals surface area contributed by atoms with Crippen LogP contribution in [0.4, 0.5) is 0 Å². The second kappa shape index (κ2) is 12.1. The molecular formula is C22H38NO2+. The monoisotopic (exact) mass is 348 g/mol. The van der Waals surface area contributed by atoms with Crippen LogP contribution < -0.4 is 10.1 Å². The maximum absolute atomic E-state index is 8.82. The molecule has 0 radical (unpaired) electrons. The zero-order valence-corrected chi connectivity index (χ0v) is 16.5. The van der Waals surface area contributed by atoms with Gasteiger partial charge in [-0.2, -0.15) is 0 Å². The smallest absolute Gasteiger partial charge is 0.128 e. The Labute approximate surface area is 154 Å². The van der Waals surface area contributed by atoms with Crippen LogP contribution in [0.1, 0.15) is 70.4 Å². The molecule has 0 aromatic heterocycles. The molecule has 3 heteroatoms. The van der Waals surface area contributed by atoms with Crippen molar-refractivity contribution in [2.45, 2.75) is 71.3 Å². The van der Waals surface area contributed by atoms with Crippen molar-refractivity contribution in [2.75, 3.05) is 19.8 Å².